The number of thiophene rings is 1. The molecule has 0 spiro atoms. The van der Waals surface area contributed by atoms with E-state index < -0.39 is 0 Å². The molecule has 1 aliphatic heterocycles. The van der Waals surface area contributed by atoms with Gasteiger partial charge in [0.15, 0.2) is 0 Å². The van der Waals surface area contributed by atoms with E-state index in [1.807, 2.05) is 11.4 Å². The molecule has 23 heavy (non-hydrogen) atoms. The maximum atomic E-state index is 12.7. The van der Waals surface area contributed by atoms with Gasteiger partial charge in [0.25, 0.3) is 5.91 Å². The molecule has 1 amide bonds. The van der Waals surface area contributed by atoms with Crippen LogP contribution in [0.15, 0.2) is 23.8 Å². The minimum absolute atomic E-state index is 0.0314. The van der Waals surface area contributed by atoms with Crippen LogP contribution in [0.2, 0.25) is 0 Å². The molecule has 3 heterocycles. The number of nitrogens with two attached hydrogens (primary N) is 1. The van der Waals surface area contributed by atoms with Crippen molar-refractivity contribution in [2.45, 2.75) is 25.9 Å². The van der Waals surface area contributed by atoms with Gasteiger partial charge in [0.1, 0.15) is 17.6 Å². The average Bonchev–Trinajstić information content (AvgIpc) is 3.05. The molecule has 2 aromatic heterocycles. The lowest BCUT2D eigenvalue weighted by Gasteiger charge is -2.32. The summed E-state index contributed by atoms with van der Waals surface area (Å²) in [6.45, 7) is 5.73. The van der Waals surface area contributed by atoms with Gasteiger partial charge in [0.05, 0.1) is 18.7 Å². The lowest BCUT2D eigenvalue weighted by atomic mass is 10.1. The molecular weight excluding hydrogens is 312 g/mol. The summed E-state index contributed by atoms with van der Waals surface area (Å²) in [5.41, 5.74) is 7.20. The first-order chi connectivity index (χ1) is 11.1. The molecule has 2 aromatic rings. The maximum absolute atomic E-state index is 12.7. The molecule has 7 heteroatoms. The summed E-state index contributed by atoms with van der Waals surface area (Å²) >= 11 is 1.63. The number of rotatable bonds is 3. The Morgan fingerprint density at radius 3 is 2.91 bits per heavy atom. The summed E-state index contributed by atoms with van der Waals surface area (Å²) < 4.78 is 5.73. The number of anilines is 1. The van der Waals surface area contributed by atoms with Crippen molar-refractivity contribution in [3.05, 3.63) is 40.0 Å². The van der Waals surface area contributed by atoms with Crippen molar-refractivity contribution in [1.82, 2.24) is 14.9 Å². The molecule has 1 aliphatic rings. The van der Waals surface area contributed by atoms with Crippen LogP contribution in [0.5, 0.6) is 0 Å². The van der Waals surface area contributed by atoms with Gasteiger partial charge in [-0.25, -0.2) is 4.98 Å². The number of carbonyl (C=O) groups excluding carboxylic acids is 1. The lowest BCUT2D eigenvalue weighted by molar-refractivity contribution is -0.0244. The van der Waals surface area contributed by atoms with Crippen LogP contribution in [0.25, 0.3) is 0 Å². The van der Waals surface area contributed by atoms with E-state index in [4.69, 9.17) is 10.5 Å². The first-order valence-electron chi connectivity index (χ1n) is 7.62. The molecular formula is C16H20N4O2S. The Labute approximate surface area is 139 Å². The molecule has 0 unspecified atom stereocenters. The van der Waals surface area contributed by atoms with Crippen LogP contribution in [-0.2, 0) is 4.74 Å². The van der Waals surface area contributed by atoms with Crippen LogP contribution in [0, 0.1) is 0 Å². The number of morpholine rings is 1. The predicted molar refractivity (Wildman–Crippen MR) is 89.4 cm³/mol. The van der Waals surface area contributed by atoms with E-state index in [9.17, 15) is 4.79 Å². The zero-order chi connectivity index (χ0) is 16.4. The normalized spacial score (nSPS) is 18.4. The highest BCUT2D eigenvalue weighted by Gasteiger charge is 2.29. The highest BCUT2D eigenvalue weighted by molar-refractivity contribution is 7.10. The van der Waals surface area contributed by atoms with Gasteiger partial charge in [-0.05, 0) is 12.0 Å². The summed E-state index contributed by atoms with van der Waals surface area (Å²) in [7, 11) is 0. The summed E-state index contributed by atoms with van der Waals surface area (Å²) in [6, 6.07) is 1.98. The van der Waals surface area contributed by atoms with Crippen LogP contribution in [0.4, 0.5) is 5.82 Å². The molecule has 2 N–H and O–H groups in total. The molecule has 0 aromatic carbocycles. The topological polar surface area (TPSA) is 81.3 Å². The Morgan fingerprint density at radius 2 is 2.22 bits per heavy atom. The van der Waals surface area contributed by atoms with Gasteiger partial charge in [-0.1, -0.05) is 13.8 Å². The van der Waals surface area contributed by atoms with E-state index in [-0.39, 0.29) is 12.0 Å². The molecule has 1 atom stereocenters. The quantitative estimate of drug-likeness (QED) is 0.934. The van der Waals surface area contributed by atoms with E-state index in [0.29, 0.717) is 37.1 Å². The van der Waals surface area contributed by atoms with Crippen molar-refractivity contribution >= 4 is 23.1 Å². The fourth-order valence-electron chi connectivity index (χ4n) is 2.56. The molecule has 0 aliphatic carbocycles. The molecule has 0 radical (unpaired) electrons. The number of nitrogens with zero attached hydrogens (tertiary/aromatic N) is 3. The molecule has 3 rings (SSSR count). The second-order valence-corrected chi connectivity index (χ2v) is 6.77. The standard InChI is InChI=1S/C16H20N4O2S/c1-10(2)13-7-11(9-23-13)16(21)20-5-6-22-12(8-20)14-15(17)19-4-3-18-14/h3-4,7,9-10,12H,5-6,8H2,1-2H3,(H2,17,19)/t12-/m0/s1. The lowest BCUT2D eigenvalue weighted by Crippen LogP contribution is -2.42. The Balaban J connectivity index is 1.75. The third-order valence-corrected chi connectivity index (χ3v) is 5.08. The van der Waals surface area contributed by atoms with E-state index in [1.54, 1.807) is 28.6 Å². The second kappa shape index (κ2) is 6.64. The van der Waals surface area contributed by atoms with Crippen LogP contribution in [0.1, 0.15) is 46.8 Å². The van der Waals surface area contributed by atoms with Crippen molar-refractivity contribution in [2.75, 3.05) is 25.4 Å². The number of hydrogen-bond donors (Lipinski definition) is 1. The average molecular weight is 332 g/mol. The van der Waals surface area contributed by atoms with Crippen molar-refractivity contribution in [3.63, 3.8) is 0 Å². The van der Waals surface area contributed by atoms with Gasteiger partial charge < -0.3 is 15.4 Å². The van der Waals surface area contributed by atoms with Crippen molar-refractivity contribution < 1.29 is 9.53 Å². The highest BCUT2D eigenvalue weighted by atomic mass is 32.1. The van der Waals surface area contributed by atoms with Crippen LogP contribution in [-0.4, -0.2) is 40.5 Å². The Bertz CT molecular complexity index is 701. The predicted octanol–water partition coefficient (Wildman–Crippen LogP) is 2.46. The zero-order valence-corrected chi connectivity index (χ0v) is 14.0. The van der Waals surface area contributed by atoms with Gasteiger partial charge in [0, 0.05) is 29.2 Å². The number of hydrogen-bond acceptors (Lipinski definition) is 6. The van der Waals surface area contributed by atoms with Crippen LogP contribution < -0.4 is 5.73 Å². The number of carbonyl (C=O) groups is 1. The van der Waals surface area contributed by atoms with E-state index >= 15 is 0 Å². The van der Waals surface area contributed by atoms with Crippen molar-refractivity contribution in [3.8, 4) is 0 Å². The van der Waals surface area contributed by atoms with Gasteiger partial charge in [0.2, 0.25) is 0 Å². The first-order valence-corrected chi connectivity index (χ1v) is 8.50. The minimum Gasteiger partial charge on any atom is -0.382 e. The van der Waals surface area contributed by atoms with Gasteiger partial charge in [-0.3, -0.25) is 9.78 Å². The molecule has 6 nitrogen and oxygen atoms in total. The molecule has 0 bridgehead atoms. The summed E-state index contributed by atoms with van der Waals surface area (Å²) in [6.07, 6.45) is 2.80. The first kappa shape index (κ1) is 15.9. The smallest absolute Gasteiger partial charge is 0.254 e. The van der Waals surface area contributed by atoms with Crippen LogP contribution in [0.3, 0.4) is 0 Å². The number of aromatic nitrogens is 2. The minimum atomic E-state index is -0.329. The van der Waals surface area contributed by atoms with E-state index in [0.717, 1.165) is 5.56 Å². The zero-order valence-electron chi connectivity index (χ0n) is 13.2. The third-order valence-electron chi connectivity index (χ3n) is 3.85. The molecule has 1 fully saturated rings. The highest BCUT2D eigenvalue weighted by Crippen LogP contribution is 2.27. The Morgan fingerprint density at radius 1 is 1.43 bits per heavy atom. The summed E-state index contributed by atoms with van der Waals surface area (Å²) in [5, 5.41) is 1.93. The van der Waals surface area contributed by atoms with Gasteiger partial charge in [-0.2, -0.15) is 0 Å². The number of ether oxygens (including phenoxy) is 1. The fraction of sp³-hybridized carbons (Fsp3) is 0.438. The number of nitrogen functional groups attached to an aromatic ring is 1. The largest absolute Gasteiger partial charge is 0.382 e. The second-order valence-electron chi connectivity index (χ2n) is 5.83. The van der Waals surface area contributed by atoms with E-state index in [1.165, 1.54) is 4.88 Å². The Hall–Kier alpha value is -1.99. The summed E-state index contributed by atoms with van der Waals surface area (Å²) in [5.74, 6) is 0.812. The SMILES string of the molecule is CC(C)c1cc(C(=O)N2CCO[C@H](c3nccnc3N)C2)cs1. The number of amides is 1. The van der Waals surface area contributed by atoms with Crippen molar-refractivity contribution in [1.29, 1.82) is 0 Å². The maximum Gasteiger partial charge on any atom is 0.254 e. The van der Waals surface area contributed by atoms with Gasteiger partial charge in [-0.15, -0.1) is 11.3 Å². The monoisotopic (exact) mass is 332 g/mol. The fourth-order valence-corrected chi connectivity index (χ4v) is 3.46. The Kier molecular flexibility index (Phi) is 4.58. The molecule has 1 saturated heterocycles. The molecule has 122 valence electrons. The van der Waals surface area contributed by atoms with E-state index in [2.05, 4.69) is 23.8 Å². The van der Waals surface area contributed by atoms with Crippen LogP contribution >= 0.6 is 11.3 Å². The van der Waals surface area contributed by atoms with Crippen molar-refractivity contribution in [2.24, 2.45) is 0 Å². The third kappa shape index (κ3) is 3.35. The molecule has 0 saturated carbocycles. The summed E-state index contributed by atoms with van der Waals surface area (Å²) in [4.78, 5) is 24.0. The van der Waals surface area contributed by atoms with Gasteiger partial charge >= 0.3 is 0 Å².